The van der Waals surface area contributed by atoms with E-state index in [9.17, 15) is 9.59 Å². The van der Waals surface area contributed by atoms with Gasteiger partial charge in [-0.1, -0.05) is 40.2 Å². The summed E-state index contributed by atoms with van der Waals surface area (Å²) in [7, 11) is 0. The molecule has 0 spiro atoms. The van der Waals surface area contributed by atoms with Gasteiger partial charge in [0.15, 0.2) is 6.10 Å². The molecule has 5 rings (SSSR count). The van der Waals surface area contributed by atoms with Gasteiger partial charge in [-0.15, -0.1) is 0 Å². The number of anilines is 2. The van der Waals surface area contributed by atoms with Gasteiger partial charge in [0.05, 0.1) is 17.4 Å². The number of carbonyl (C=O) groups excluding carboxylic acids is 2. The molecule has 144 valence electrons. The van der Waals surface area contributed by atoms with Crippen molar-refractivity contribution in [2.24, 2.45) is 5.92 Å². The number of para-hydroxylation sites is 1. The Morgan fingerprint density at radius 1 is 0.862 bits per heavy atom. The lowest BCUT2D eigenvalue weighted by atomic mass is 9.91. The zero-order valence-corrected chi connectivity index (χ0v) is 16.8. The summed E-state index contributed by atoms with van der Waals surface area (Å²) in [5.41, 5.74) is 2.14. The number of amides is 2. The first kappa shape index (κ1) is 18.0. The zero-order valence-electron chi connectivity index (χ0n) is 15.2. The predicted molar refractivity (Wildman–Crippen MR) is 111 cm³/mol. The Labute approximate surface area is 175 Å². The molecule has 2 aliphatic rings. The number of benzene rings is 2. The van der Waals surface area contributed by atoms with E-state index in [4.69, 9.17) is 4.84 Å². The number of halogens is 1. The van der Waals surface area contributed by atoms with Crippen LogP contribution in [0.3, 0.4) is 0 Å². The van der Waals surface area contributed by atoms with Crippen molar-refractivity contribution in [1.29, 1.82) is 0 Å². The Balaban J connectivity index is 1.58. The van der Waals surface area contributed by atoms with E-state index in [0.717, 1.165) is 15.7 Å². The molecule has 1 aromatic heterocycles. The van der Waals surface area contributed by atoms with Gasteiger partial charge in [-0.2, -0.15) is 0 Å². The average molecular weight is 450 g/mol. The monoisotopic (exact) mass is 449 g/mol. The number of hydroxylamine groups is 1. The summed E-state index contributed by atoms with van der Waals surface area (Å²) in [4.78, 5) is 38.1. The van der Waals surface area contributed by atoms with Gasteiger partial charge in [0.25, 0.3) is 5.91 Å². The minimum Gasteiger partial charge on any atom is -0.273 e. The largest absolute Gasteiger partial charge is 0.273 e. The van der Waals surface area contributed by atoms with Gasteiger partial charge in [-0.25, -0.2) is 9.96 Å². The average Bonchev–Trinajstić information content (AvgIpc) is 3.26. The summed E-state index contributed by atoms with van der Waals surface area (Å²) in [6.45, 7) is 0. The second-order valence-electron chi connectivity index (χ2n) is 6.93. The van der Waals surface area contributed by atoms with Crippen LogP contribution in [0.5, 0.6) is 0 Å². The van der Waals surface area contributed by atoms with Crippen LogP contribution < -0.4 is 9.96 Å². The molecule has 7 heteroatoms. The summed E-state index contributed by atoms with van der Waals surface area (Å²) < 4.78 is 0.931. The molecule has 2 aromatic carbocycles. The number of nitrogens with zero attached hydrogens (tertiary/aromatic N) is 3. The van der Waals surface area contributed by atoms with Crippen molar-refractivity contribution in [2.45, 2.75) is 12.1 Å². The molecule has 2 amide bonds. The first-order valence-corrected chi connectivity index (χ1v) is 9.99. The fraction of sp³-hybridized carbons (Fsp3) is 0.136. The molecule has 0 N–H and O–H groups in total. The van der Waals surface area contributed by atoms with Crippen LogP contribution in [-0.4, -0.2) is 22.9 Å². The van der Waals surface area contributed by atoms with Crippen molar-refractivity contribution in [1.82, 2.24) is 4.98 Å². The highest BCUT2D eigenvalue weighted by molar-refractivity contribution is 9.10. The van der Waals surface area contributed by atoms with E-state index < -0.39 is 18.1 Å². The second-order valence-corrected chi connectivity index (χ2v) is 7.85. The molecule has 3 atom stereocenters. The highest BCUT2D eigenvalue weighted by atomic mass is 79.9. The second kappa shape index (κ2) is 7.09. The zero-order chi connectivity index (χ0) is 20.0. The summed E-state index contributed by atoms with van der Waals surface area (Å²) in [5, 5.41) is 1.66. The van der Waals surface area contributed by atoms with Crippen LogP contribution in [-0.2, 0) is 14.4 Å². The van der Waals surface area contributed by atoms with Crippen LogP contribution in [0.2, 0.25) is 0 Å². The Morgan fingerprint density at radius 3 is 2.31 bits per heavy atom. The van der Waals surface area contributed by atoms with Crippen molar-refractivity contribution in [2.75, 3.05) is 9.96 Å². The number of fused-ring (bicyclic) bond motifs is 1. The molecule has 2 saturated heterocycles. The van der Waals surface area contributed by atoms with Crippen molar-refractivity contribution < 1.29 is 14.4 Å². The lowest BCUT2D eigenvalue weighted by Crippen LogP contribution is -2.37. The highest BCUT2D eigenvalue weighted by Gasteiger charge is 2.60. The maximum absolute atomic E-state index is 13.4. The molecule has 6 nitrogen and oxygen atoms in total. The number of imide groups is 1. The number of aromatic nitrogens is 1. The summed E-state index contributed by atoms with van der Waals surface area (Å²) in [6, 6.07) is 19.8. The minimum absolute atomic E-state index is 0.264. The van der Waals surface area contributed by atoms with Crippen LogP contribution in [0, 0.1) is 5.92 Å². The predicted octanol–water partition coefficient (Wildman–Crippen LogP) is 3.90. The number of carbonyl (C=O) groups is 2. The molecule has 0 bridgehead atoms. The first-order valence-electron chi connectivity index (χ1n) is 9.19. The molecule has 0 radical (unpaired) electrons. The molecule has 0 saturated carbocycles. The Morgan fingerprint density at radius 2 is 1.62 bits per heavy atom. The SMILES string of the molecule is O=C1[C@@H]2[C@@H](c3cccnc3)N(c3ccc(Br)cc3)O[C@H]2C(=O)N1c1ccccc1. The molecule has 2 fully saturated rings. The highest BCUT2D eigenvalue weighted by Crippen LogP contribution is 2.47. The quantitative estimate of drug-likeness (QED) is 0.567. The molecule has 0 unspecified atom stereocenters. The lowest BCUT2D eigenvalue weighted by Gasteiger charge is -2.28. The van der Waals surface area contributed by atoms with Crippen LogP contribution >= 0.6 is 15.9 Å². The normalized spacial score (nSPS) is 23.6. The van der Waals surface area contributed by atoms with Crippen LogP contribution in [0.1, 0.15) is 11.6 Å². The van der Waals surface area contributed by atoms with E-state index in [1.54, 1.807) is 41.7 Å². The molecular formula is C22H16BrN3O3. The molecule has 3 heterocycles. The molecule has 0 aliphatic carbocycles. The van der Waals surface area contributed by atoms with Crippen LogP contribution in [0.4, 0.5) is 11.4 Å². The van der Waals surface area contributed by atoms with E-state index >= 15 is 0 Å². The summed E-state index contributed by atoms with van der Waals surface area (Å²) in [6.07, 6.45) is 2.51. The summed E-state index contributed by atoms with van der Waals surface area (Å²) in [5.74, 6) is -1.27. The maximum Gasteiger partial charge on any atom is 0.266 e. The number of rotatable bonds is 3. The minimum atomic E-state index is -0.878. The third-order valence-electron chi connectivity index (χ3n) is 5.24. The molecule has 2 aliphatic heterocycles. The van der Waals surface area contributed by atoms with Gasteiger partial charge in [0.2, 0.25) is 5.91 Å². The third kappa shape index (κ3) is 2.94. The van der Waals surface area contributed by atoms with Gasteiger partial charge in [0, 0.05) is 16.9 Å². The molecule has 29 heavy (non-hydrogen) atoms. The van der Waals surface area contributed by atoms with E-state index in [1.165, 1.54) is 4.90 Å². The van der Waals surface area contributed by atoms with E-state index in [2.05, 4.69) is 20.9 Å². The Hall–Kier alpha value is -3.03. The standard InChI is InChI=1S/C22H16BrN3O3/c23-15-8-10-17(11-9-15)26-19(14-5-4-12-24-13-14)18-20(29-26)22(28)25(21(18)27)16-6-2-1-3-7-16/h1-13,18-20H/t18-,19-,20-/m1/s1. The van der Waals surface area contributed by atoms with Crippen molar-refractivity contribution in [3.8, 4) is 0 Å². The topological polar surface area (TPSA) is 62.7 Å². The Kier molecular flexibility index (Phi) is 4.41. The fourth-order valence-corrected chi connectivity index (χ4v) is 4.21. The van der Waals surface area contributed by atoms with Crippen molar-refractivity contribution in [3.05, 3.63) is 89.2 Å². The van der Waals surface area contributed by atoms with Gasteiger partial charge >= 0.3 is 0 Å². The Bertz CT molecular complexity index is 1060. The molecular weight excluding hydrogens is 434 g/mol. The lowest BCUT2D eigenvalue weighted by molar-refractivity contribution is -0.126. The van der Waals surface area contributed by atoms with E-state index in [1.807, 2.05) is 42.5 Å². The van der Waals surface area contributed by atoms with Crippen molar-refractivity contribution in [3.63, 3.8) is 0 Å². The van der Waals surface area contributed by atoms with Gasteiger partial charge in [-0.3, -0.25) is 19.4 Å². The van der Waals surface area contributed by atoms with Crippen LogP contribution in [0.25, 0.3) is 0 Å². The third-order valence-corrected chi connectivity index (χ3v) is 5.77. The van der Waals surface area contributed by atoms with Crippen LogP contribution in [0.15, 0.2) is 83.6 Å². The summed E-state index contributed by atoms with van der Waals surface area (Å²) >= 11 is 3.43. The maximum atomic E-state index is 13.4. The fourth-order valence-electron chi connectivity index (χ4n) is 3.95. The first-order chi connectivity index (χ1) is 14.1. The van der Waals surface area contributed by atoms with Gasteiger partial charge < -0.3 is 0 Å². The number of hydrogen-bond donors (Lipinski definition) is 0. The van der Waals surface area contributed by atoms with Gasteiger partial charge in [-0.05, 0) is 48.0 Å². The van der Waals surface area contributed by atoms with E-state index in [-0.39, 0.29) is 11.8 Å². The smallest absolute Gasteiger partial charge is 0.266 e. The van der Waals surface area contributed by atoms with Crippen molar-refractivity contribution >= 4 is 39.1 Å². The number of pyridine rings is 1. The molecule has 3 aromatic rings. The van der Waals surface area contributed by atoms with Gasteiger partial charge in [0.1, 0.15) is 5.92 Å². The number of hydrogen-bond acceptors (Lipinski definition) is 5. The van der Waals surface area contributed by atoms with E-state index in [0.29, 0.717) is 5.69 Å².